The van der Waals surface area contributed by atoms with Gasteiger partial charge >= 0.3 is 5.97 Å². The highest BCUT2D eigenvalue weighted by Gasteiger charge is 2.49. The molecule has 3 aromatic heterocycles. The number of methoxy groups -OCH3 is 1. The van der Waals surface area contributed by atoms with Crippen LogP contribution in [0.15, 0.2) is 42.6 Å². The number of hydrogen-bond acceptors (Lipinski definition) is 8. The van der Waals surface area contributed by atoms with Crippen molar-refractivity contribution in [2.75, 3.05) is 37.0 Å². The Morgan fingerprint density at radius 3 is 2.62 bits per heavy atom. The summed E-state index contributed by atoms with van der Waals surface area (Å²) >= 11 is 1.32. The summed E-state index contributed by atoms with van der Waals surface area (Å²) < 4.78 is 20.3. The van der Waals surface area contributed by atoms with Crippen LogP contribution in [0.2, 0.25) is 0 Å². The summed E-state index contributed by atoms with van der Waals surface area (Å²) in [6, 6.07) is 12.6. The summed E-state index contributed by atoms with van der Waals surface area (Å²) in [5.41, 5.74) is 5.55. The quantitative estimate of drug-likeness (QED) is 0.270. The molecule has 4 heterocycles. The number of rotatable bonds is 6. The van der Waals surface area contributed by atoms with Crippen LogP contribution in [0.5, 0.6) is 0 Å². The lowest BCUT2D eigenvalue weighted by molar-refractivity contribution is -0.154. The van der Waals surface area contributed by atoms with E-state index in [1.54, 1.807) is 12.1 Å². The summed E-state index contributed by atoms with van der Waals surface area (Å²) in [7, 11) is 3.43. The average molecular weight is 559 g/mol. The van der Waals surface area contributed by atoms with Crippen LogP contribution in [0.4, 0.5) is 20.9 Å². The van der Waals surface area contributed by atoms with E-state index in [1.165, 1.54) is 30.6 Å². The highest BCUT2D eigenvalue weighted by molar-refractivity contribution is 7.16. The van der Waals surface area contributed by atoms with Crippen LogP contribution in [-0.4, -0.2) is 47.8 Å². The van der Waals surface area contributed by atoms with Crippen molar-refractivity contribution in [2.45, 2.75) is 39.0 Å². The van der Waals surface area contributed by atoms with Gasteiger partial charge in [-0.3, -0.25) is 4.79 Å². The molecule has 8 nitrogen and oxygen atoms in total. The number of thiazole rings is 1. The Hall–Kier alpha value is -3.97. The van der Waals surface area contributed by atoms with Crippen LogP contribution in [0.1, 0.15) is 43.2 Å². The van der Waals surface area contributed by atoms with E-state index in [9.17, 15) is 14.4 Å². The van der Waals surface area contributed by atoms with E-state index in [0.29, 0.717) is 21.3 Å². The second-order valence-electron chi connectivity index (χ2n) is 10.8. The van der Waals surface area contributed by atoms with Crippen molar-refractivity contribution in [2.24, 2.45) is 11.3 Å². The molecule has 0 bridgehead atoms. The molecule has 0 amide bonds. The van der Waals surface area contributed by atoms with E-state index in [-0.39, 0.29) is 23.1 Å². The van der Waals surface area contributed by atoms with Crippen molar-refractivity contribution >= 4 is 39.3 Å². The second-order valence-corrected chi connectivity index (χ2v) is 11.8. The van der Waals surface area contributed by atoms with Gasteiger partial charge in [-0.25, -0.2) is 13.9 Å². The fourth-order valence-corrected chi connectivity index (χ4v) is 7.12. The molecule has 1 saturated carbocycles. The number of piperidine rings is 1. The number of anilines is 3. The fraction of sp³-hybridized carbons (Fsp3) is 0.400. The van der Waals surface area contributed by atoms with E-state index in [0.717, 1.165) is 67.8 Å². The molecule has 2 aliphatic rings. The van der Waals surface area contributed by atoms with Gasteiger partial charge in [-0.1, -0.05) is 18.3 Å². The standard InChI is InChI=1S/C30H31FN6O2S/c1-4-23-27(35(2)29-33-26(25(18-32)40-29)19-5-7-21(31)8-6-19)24-15-22(9-12-37(24)34-23)36-13-10-30(11-14-36)16-20(17-30)28(38)39-3/h5-9,12,15,20H,4,10-11,13-14,16-17H2,1-3H3. The first-order chi connectivity index (χ1) is 19.3. The molecule has 0 unspecified atom stereocenters. The molecule has 0 radical (unpaired) electrons. The number of nitriles is 1. The number of hydrogen-bond donors (Lipinski definition) is 0. The zero-order valence-corrected chi connectivity index (χ0v) is 23.7. The lowest BCUT2D eigenvalue weighted by atomic mass is 9.57. The van der Waals surface area contributed by atoms with Crippen LogP contribution >= 0.6 is 11.3 Å². The van der Waals surface area contributed by atoms with Crippen LogP contribution in [-0.2, 0) is 16.0 Å². The Bertz CT molecular complexity index is 1610. The number of esters is 1. The monoisotopic (exact) mass is 558 g/mol. The molecular formula is C30H31FN6O2S. The van der Waals surface area contributed by atoms with E-state index < -0.39 is 0 Å². The zero-order valence-electron chi connectivity index (χ0n) is 22.9. The minimum atomic E-state index is -0.327. The van der Waals surface area contributed by atoms with Crippen LogP contribution in [0.25, 0.3) is 16.8 Å². The maximum Gasteiger partial charge on any atom is 0.308 e. The van der Waals surface area contributed by atoms with Gasteiger partial charge in [-0.05, 0) is 73.9 Å². The largest absolute Gasteiger partial charge is 0.469 e. The summed E-state index contributed by atoms with van der Waals surface area (Å²) in [5, 5.41) is 15.3. The number of aromatic nitrogens is 3. The highest BCUT2D eigenvalue weighted by atomic mass is 32.1. The molecule has 10 heteroatoms. The lowest BCUT2D eigenvalue weighted by Crippen LogP contribution is -2.49. The molecule has 1 aromatic carbocycles. The maximum absolute atomic E-state index is 13.5. The number of fused-ring (bicyclic) bond motifs is 1. The van der Waals surface area contributed by atoms with Gasteiger partial charge in [0.25, 0.3) is 0 Å². The first kappa shape index (κ1) is 26.3. The SMILES string of the molecule is CCc1nn2ccc(N3CCC4(CC3)CC(C(=O)OC)C4)cc2c1N(C)c1nc(-c2ccc(F)cc2)c(C#N)s1. The molecule has 40 heavy (non-hydrogen) atoms. The van der Waals surface area contributed by atoms with Crippen molar-refractivity contribution in [3.63, 3.8) is 0 Å². The Balaban J connectivity index is 1.28. The maximum atomic E-state index is 13.5. The van der Waals surface area contributed by atoms with Crippen LogP contribution in [0.3, 0.4) is 0 Å². The Labute approximate surface area is 236 Å². The number of benzene rings is 1. The highest BCUT2D eigenvalue weighted by Crippen LogP contribution is 2.53. The number of carbonyl (C=O) groups is 1. The van der Waals surface area contributed by atoms with Crippen molar-refractivity contribution < 1.29 is 13.9 Å². The average Bonchev–Trinajstić information content (AvgIpc) is 3.57. The molecule has 1 aliphatic carbocycles. The number of ether oxygens (including phenoxy) is 1. The summed E-state index contributed by atoms with van der Waals surface area (Å²) in [4.78, 5) is 21.6. The topological polar surface area (TPSA) is 86.8 Å². The minimum absolute atomic E-state index is 0.0567. The number of nitrogens with zero attached hydrogens (tertiary/aromatic N) is 6. The third-order valence-corrected chi connectivity index (χ3v) is 9.57. The Morgan fingerprint density at radius 1 is 1.25 bits per heavy atom. The molecule has 1 aliphatic heterocycles. The van der Waals surface area contributed by atoms with E-state index in [4.69, 9.17) is 14.8 Å². The predicted octanol–water partition coefficient (Wildman–Crippen LogP) is 5.97. The number of aryl methyl sites for hydroxylation is 1. The van der Waals surface area contributed by atoms with Gasteiger partial charge in [0, 0.05) is 37.6 Å². The van der Waals surface area contributed by atoms with E-state index in [1.807, 2.05) is 22.7 Å². The molecule has 2 fully saturated rings. The van der Waals surface area contributed by atoms with E-state index >= 15 is 0 Å². The molecule has 206 valence electrons. The van der Waals surface area contributed by atoms with Crippen molar-refractivity contribution in [3.05, 3.63) is 59.0 Å². The number of pyridine rings is 1. The van der Waals surface area contributed by atoms with Gasteiger partial charge < -0.3 is 14.5 Å². The molecule has 6 rings (SSSR count). The molecule has 1 saturated heterocycles. The molecule has 0 atom stereocenters. The molecular weight excluding hydrogens is 527 g/mol. The Morgan fingerprint density at radius 2 is 1.98 bits per heavy atom. The second kappa shape index (κ2) is 10.2. The van der Waals surface area contributed by atoms with Gasteiger partial charge in [0.2, 0.25) is 0 Å². The van der Waals surface area contributed by atoms with Crippen molar-refractivity contribution in [1.82, 2.24) is 14.6 Å². The summed E-state index contributed by atoms with van der Waals surface area (Å²) in [6.45, 7) is 3.98. The van der Waals surface area contributed by atoms with Crippen LogP contribution in [0, 0.1) is 28.5 Å². The fourth-order valence-electron chi connectivity index (χ4n) is 6.26. The zero-order chi connectivity index (χ0) is 28.0. The van der Waals surface area contributed by atoms with Gasteiger partial charge in [-0.15, -0.1) is 0 Å². The summed E-state index contributed by atoms with van der Waals surface area (Å²) in [6.07, 6.45) is 6.76. The normalized spacial score (nSPS) is 16.6. The first-order valence-corrected chi connectivity index (χ1v) is 14.4. The molecule has 0 N–H and O–H groups in total. The molecule has 1 spiro atoms. The third-order valence-electron chi connectivity index (χ3n) is 8.54. The van der Waals surface area contributed by atoms with Gasteiger partial charge in [0.1, 0.15) is 22.5 Å². The smallest absolute Gasteiger partial charge is 0.308 e. The van der Waals surface area contributed by atoms with Crippen molar-refractivity contribution in [3.8, 4) is 17.3 Å². The summed E-state index contributed by atoms with van der Waals surface area (Å²) in [5.74, 6) is -0.345. The van der Waals surface area contributed by atoms with Gasteiger partial charge in [-0.2, -0.15) is 10.4 Å². The number of halogens is 1. The van der Waals surface area contributed by atoms with E-state index in [2.05, 4.69) is 30.0 Å². The van der Waals surface area contributed by atoms with Crippen LogP contribution < -0.4 is 9.80 Å². The van der Waals surface area contributed by atoms with Gasteiger partial charge in [0.15, 0.2) is 5.13 Å². The lowest BCUT2D eigenvalue weighted by Gasteiger charge is -2.51. The third kappa shape index (κ3) is 4.48. The first-order valence-electron chi connectivity index (χ1n) is 13.6. The predicted molar refractivity (Wildman–Crippen MR) is 153 cm³/mol. The van der Waals surface area contributed by atoms with Gasteiger partial charge in [0.05, 0.1) is 29.9 Å². The van der Waals surface area contributed by atoms with Crippen molar-refractivity contribution in [1.29, 1.82) is 5.26 Å². The molecule has 4 aromatic rings. The Kier molecular flexibility index (Phi) is 6.70. The number of carbonyl (C=O) groups excluding carboxylic acids is 1. The minimum Gasteiger partial charge on any atom is -0.469 e.